The fraction of sp³-hybridized carbons (Fsp3) is 0.868. The first-order valence-corrected chi connectivity index (χ1v) is 21.6. The van der Waals surface area contributed by atoms with Gasteiger partial charge in [0.05, 0.1) is 36.6 Å². The molecule has 2 spiro atoms. The first-order chi connectivity index (χ1) is 22.4. The van der Waals surface area contributed by atoms with Crippen LogP contribution in [0.1, 0.15) is 100 Å². The third kappa shape index (κ3) is 5.73. The first kappa shape index (κ1) is 35.3. The molecule has 0 amide bonds. The zero-order chi connectivity index (χ0) is 34.7. The normalized spacial score (nSPS) is 51.2. The van der Waals surface area contributed by atoms with Gasteiger partial charge in [0.2, 0.25) is 0 Å². The molecule has 0 saturated carbocycles. The summed E-state index contributed by atoms with van der Waals surface area (Å²) in [5, 5.41) is 13.0. The van der Waals surface area contributed by atoms with Crippen molar-refractivity contribution in [2.45, 2.75) is 184 Å². The van der Waals surface area contributed by atoms with Crippen LogP contribution in [0, 0.1) is 17.8 Å². The van der Waals surface area contributed by atoms with E-state index in [9.17, 15) is 9.90 Å². The summed E-state index contributed by atoms with van der Waals surface area (Å²) in [7, 11) is -2.28. The predicted octanol–water partition coefficient (Wildman–Crippen LogP) is 6.38. The number of aliphatic hydroxyl groups is 1. The molecule has 48 heavy (non-hydrogen) atoms. The number of ether oxygens (including phenoxy) is 6. The minimum absolute atomic E-state index is 0.0494. The van der Waals surface area contributed by atoms with Crippen LogP contribution in [0.25, 0.3) is 0 Å². The molecule has 0 unspecified atom stereocenters. The Kier molecular flexibility index (Phi) is 8.60. The van der Waals surface area contributed by atoms with E-state index in [0.717, 1.165) is 37.7 Å². The van der Waals surface area contributed by atoms with Gasteiger partial charge in [-0.3, -0.25) is 4.79 Å². The monoisotopic (exact) mass is 688 g/mol. The van der Waals surface area contributed by atoms with Crippen LogP contribution in [-0.4, -0.2) is 91.3 Å². The van der Waals surface area contributed by atoms with Gasteiger partial charge in [-0.25, -0.2) is 0 Å². The number of rotatable bonds is 3. The topological polar surface area (TPSA) is 109 Å². The molecule has 7 rings (SSSR count). The Labute approximate surface area is 288 Å². The Bertz CT molecular complexity index is 1340. The van der Waals surface area contributed by atoms with E-state index in [4.69, 9.17) is 32.8 Å². The first-order valence-electron chi connectivity index (χ1n) is 18.7. The van der Waals surface area contributed by atoms with Crippen molar-refractivity contribution >= 4 is 14.3 Å². The largest absolute Gasteiger partial charge is 0.462 e. The predicted molar refractivity (Wildman–Crippen MR) is 183 cm³/mol. The Morgan fingerprint density at radius 3 is 2.50 bits per heavy atom. The van der Waals surface area contributed by atoms with Gasteiger partial charge in [-0.1, -0.05) is 59.8 Å². The molecule has 1 aliphatic carbocycles. The average molecular weight is 689 g/mol. The van der Waals surface area contributed by atoms with Crippen molar-refractivity contribution in [1.29, 1.82) is 0 Å². The van der Waals surface area contributed by atoms with Crippen LogP contribution in [0.15, 0.2) is 23.8 Å². The molecule has 0 aromatic carbocycles. The molecule has 6 heterocycles. The number of carbonyl (C=O) groups is 1. The number of carbonyl (C=O) groups excluding carboxylic acids is 1. The Morgan fingerprint density at radius 2 is 1.79 bits per heavy atom. The summed E-state index contributed by atoms with van der Waals surface area (Å²) < 4.78 is 46.3. The zero-order valence-corrected chi connectivity index (χ0v) is 31.9. The highest BCUT2D eigenvalue weighted by Gasteiger charge is 2.80. The van der Waals surface area contributed by atoms with E-state index in [1.54, 1.807) is 0 Å². The van der Waals surface area contributed by atoms with Crippen LogP contribution in [0.2, 0.25) is 18.1 Å². The second kappa shape index (κ2) is 11.7. The van der Waals surface area contributed by atoms with Crippen LogP contribution in [0.3, 0.4) is 0 Å². The fourth-order valence-corrected chi connectivity index (χ4v) is 10.6. The number of epoxide rings is 2. The van der Waals surface area contributed by atoms with E-state index < -0.39 is 55.5 Å². The molecule has 7 aliphatic rings. The van der Waals surface area contributed by atoms with E-state index in [1.807, 2.05) is 19.1 Å². The van der Waals surface area contributed by atoms with Crippen molar-refractivity contribution in [2.75, 3.05) is 6.61 Å². The number of allylic oxidation sites excluding steroid dienone is 1. The van der Waals surface area contributed by atoms with Crippen LogP contribution in [0.4, 0.5) is 0 Å². The van der Waals surface area contributed by atoms with Gasteiger partial charge in [-0.05, 0) is 68.7 Å². The van der Waals surface area contributed by atoms with Gasteiger partial charge in [-0.15, -0.1) is 0 Å². The molecule has 10 heteroatoms. The van der Waals surface area contributed by atoms with Gasteiger partial charge >= 0.3 is 5.97 Å². The maximum Gasteiger partial charge on any atom is 0.316 e. The summed E-state index contributed by atoms with van der Waals surface area (Å²) in [4.78, 5) is 14.5. The maximum atomic E-state index is 14.5. The van der Waals surface area contributed by atoms with Gasteiger partial charge < -0.3 is 38.0 Å². The van der Waals surface area contributed by atoms with E-state index in [-0.39, 0.29) is 47.6 Å². The summed E-state index contributed by atoms with van der Waals surface area (Å²) in [5.74, 6) is -1.58. The highest BCUT2D eigenvalue weighted by Crippen LogP contribution is 2.60. The molecule has 1 N–H and O–H groups in total. The van der Waals surface area contributed by atoms with Gasteiger partial charge in [0.15, 0.2) is 19.7 Å². The number of esters is 1. The van der Waals surface area contributed by atoms with E-state index in [0.29, 0.717) is 18.8 Å². The molecule has 9 nitrogen and oxygen atoms in total. The molecule has 6 aliphatic heterocycles. The average Bonchev–Trinajstić information content (AvgIpc) is 3.84. The van der Waals surface area contributed by atoms with Crippen LogP contribution < -0.4 is 0 Å². The standard InChI is InChI=1S/C38H60O9Si/c1-11-28-23(3)14-15-36(44-28)20-26-17-25(43-36)18-30-35(8,45-30)19-22(2)12-13-29-37(46-29)21-41-32-31(47-48(9,10)34(5,6)7)24(4)16-27(33(39)42-26)38(32,37)40/h12-13,16,22-23,25-32,40H,11,14-15,17-21H2,1-10H3/b13-12-/t22-,23-,25-,26-,27-,28+,29-,30-,31+,32+,35-,36+,37+,38+/m0/s1. The van der Waals surface area contributed by atoms with Gasteiger partial charge in [0, 0.05) is 25.7 Å². The lowest BCUT2D eigenvalue weighted by molar-refractivity contribution is -0.336. The van der Waals surface area contributed by atoms with E-state index in [1.165, 1.54) is 0 Å². The highest BCUT2D eigenvalue weighted by atomic mass is 28.4. The molecule has 5 saturated heterocycles. The lowest BCUT2D eigenvalue weighted by Gasteiger charge is -2.50. The van der Waals surface area contributed by atoms with Gasteiger partial charge in [-0.2, -0.15) is 0 Å². The van der Waals surface area contributed by atoms with Crippen LogP contribution in [0.5, 0.6) is 0 Å². The molecule has 270 valence electrons. The summed E-state index contributed by atoms with van der Waals surface area (Å²) >= 11 is 0. The number of fused-ring (bicyclic) bond motifs is 3. The molecule has 2 bridgehead atoms. The van der Waals surface area contributed by atoms with E-state index in [2.05, 4.69) is 67.6 Å². The second-order valence-electron chi connectivity index (χ2n) is 18.1. The summed E-state index contributed by atoms with van der Waals surface area (Å²) in [6.07, 6.45) is 9.26. The van der Waals surface area contributed by atoms with Crippen LogP contribution in [-0.2, 0) is 37.6 Å². The van der Waals surface area contributed by atoms with Crippen molar-refractivity contribution in [3.8, 4) is 0 Å². The quantitative estimate of drug-likeness (QED) is 0.157. The Balaban J connectivity index is 1.25. The third-order valence-electron chi connectivity index (χ3n) is 13.4. The SMILES string of the molecule is CC[C@H]1O[C@]2(CC[C@@H]1C)C[C@@H]1C[C@@H](C[C@@H]3O[C@@]3(C)C[C@@H](C)/C=C\[C@@H]3O[C@]34CO[C@@H]3[C@H](O[Si](C)(C)C(C)(C)C)C(C)=C[C@@H](C(=O)O1)[C@@]34O)O2. The zero-order valence-electron chi connectivity index (χ0n) is 30.9. The van der Waals surface area contributed by atoms with Crippen LogP contribution >= 0.6 is 0 Å². The Hall–Kier alpha value is -1.11. The summed E-state index contributed by atoms with van der Waals surface area (Å²) in [6, 6.07) is 0. The van der Waals surface area contributed by atoms with Crippen molar-refractivity contribution in [3.05, 3.63) is 23.8 Å². The number of hydrogen-bond donors (Lipinski definition) is 1. The second-order valence-corrected chi connectivity index (χ2v) is 22.9. The highest BCUT2D eigenvalue weighted by molar-refractivity contribution is 6.74. The minimum Gasteiger partial charge on any atom is -0.462 e. The summed E-state index contributed by atoms with van der Waals surface area (Å²) in [6.45, 7) is 22.0. The molecular weight excluding hydrogens is 628 g/mol. The minimum atomic E-state index is -2.28. The van der Waals surface area contributed by atoms with Crippen molar-refractivity contribution < 1.29 is 42.7 Å². The third-order valence-corrected chi connectivity index (χ3v) is 17.9. The molecule has 0 radical (unpaired) electrons. The van der Waals surface area contributed by atoms with Crippen molar-refractivity contribution in [1.82, 2.24) is 0 Å². The molecule has 0 aromatic heterocycles. The molecule has 0 aromatic rings. The smallest absolute Gasteiger partial charge is 0.316 e. The molecular formula is C38H60O9Si. The van der Waals surface area contributed by atoms with E-state index >= 15 is 0 Å². The molecule has 14 atom stereocenters. The maximum absolute atomic E-state index is 14.5. The van der Waals surface area contributed by atoms with Gasteiger partial charge in [0.25, 0.3) is 0 Å². The Morgan fingerprint density at radius 1 is 1.04 bits per heavy atom. The molecule has 5 fully saturated rings. The lowest BCUT2D eigenvalue weighted by atomic mass is 9.67. The summed E-state index contributed by atoms with van der Waals surface area (Å²) in [5.41, 5.74) is -2.11. The lowest BCUT2D eigenvalue weighted by Crippen LogP contribution is -2.65. The number of hydrogen-bond acceptors (Lipinski definition) is 9. The van der Waals surface area contributed by atoms with Crippen molar-refractivity contribution in [2.24, 2.45) is 17.8 Å². The fourth-order valence-electron chi connectivity index (χ4n) is 9.31. The van der Waals surface area contributed by atoms with Crippen molar-refractivity contribution in [3.63, 3.8) is 0 Å². The van der Waals surface area contributed by atoms with Gasteiger partial charge in [0.1, 0.15) is 29.8 Å².